The maximum atomic E-state index is 13.7. The molecule has 0 saturated carbocycles. The quantitative estimate of drug-likeness (QED) is 0.804. The third-order valence-electron chi connectivity index (χ3n) is 3.17. The molecule has 1 rings (SSSR count). The first-order valence-electron chi connectivity index (χ1n) is 6.81. The summed E-state index contributed by atoms with van der Waals surface area (Å²) in [5, 5.41) is 2.84. The van der Waals surface area contributed by atoms with E-state index in [1.807, 2.05) is 20.8 Å². The van der Waals surface area contributed by atoms with Crippen molar-refractivity contribution in [1.82, 2.24) is 5.32 Å². The third-order valence-corrected chi connectivity index (χ3v) is 3.17. The van der Waals surface area contributed by atoms with Crippen molar-refractivity contribution in [2.24, 2.45) is 5.73 Å². The van der Waals surface area contributed by atoms with E-state index in [9.17, 15) is 9.18 Å². The highest BCUT2D eigenvalue weighted by atomic mass is 19.1. The van der Waals surface area contributed by atoms with Crippen LogP contribution in [0.15, 0.2) is 18.2 Å². The fourth-order valence-electron chi connectivity index (χ4n) is 1.71. The van der Waals surface area contributed by atoms with Gasteiger partial charge in [0.25, 0.3) is 5.91 Å². The molecule has 0 unspecified atom stereocenters. The van der Waals surface area contributed by atoms with E-state index in [0.717, 1.165) is 6.42 Å². The Morgan fingerprint density at radius 2 is 2.15 bits per heavy atom. The van der Waals surface area contributed by atoms with Crippen LogP contribution >= 0.6 is 0 Å². The molecule has 1 aromatic rings. The number of carbonyl (C=O) groups is 1. The molecule has 5 heteroatoms. The molecule has 3 N–H and O–H groups in total. The molecule has 0 bridgehead atoms. The Balaban J connectivity index is 2.68. The largest absolute Gasteiger partial charge is 0.480 e. The van der Waals surface area contributed by atoms with Crippen LogP contribution in [0.5, 0.6) is 5.75 Å². The van der Waals surface area contributed by atoms with Crippen molar-refractivity contribution < 1.29 is 13.9 Å². The lowest BCUT2D eigenvalue weighted by atomic mass is 10.0. The summed E-state index contributed by atoms with van der Waals surface area (Å²) in [5.41, 5.74) is 5.86. The summed E-state index contributed by atoms with van der Waals surface area (Å²) in [4.78, 5) is 11.8. The van der Waals surface area contributed by atoms with Crippen molar-refractivity contribution >= 4 is 5.91 Å². The van der Waals surface area contributed by atoms with E-state index >= 15 is 0 Å². The van der Waals surface area contributed by atoms with Gasteiger partial charge in [-0.1, -0.05) is 19.1 Å². The standard InChI is InChI=1S/C15H23FN2O2/c1-4-15(2,3)18-13(19)10-20-14-11(8-9-17)6-5-7-12(14)16/h5-7H,4,8-10,17H2,1-3H3,(H,18,19). The fourth-order valence-corrected chi connectivity index (χ4v) is 1.71. The second-order valence-electron chi connectivity index (χ2n) is 5.34. The topological polar surface area (TPSA) is 64.3 Å². The summed E-state index contributed by atoms with van der Waals surface area (Å²) in [5.74, 6) is -0.625. The number of ether oxygens (including phenoxy) is 1. The fraction of sp³-hybridized carbons (Fsp3) is 0.533. The van der Waals surface area contributed by atoms with Crippen LogP contribution in [-0.4, -0.2) is 24.6 Å². The van der Waals surface area contributed by atoms with Crippen LogP contribution in [0.2, 0.25) is 0 Å². The lowest BCUT2D eigenvalue weighted by molar-refractivity contribution is -0.124. The number of hydrogen-bond donors (Lipinski definition) is 2. The Morgan fingerprint density at radius 1 is 1.45 bits per heavy atom. The number of carbonyl (C=O) groups excluding carboxylic acids is 1. The molecule has 0 saturated heterocycles. The van der Waals surface area contributed by atoms with E-state index < -0.39 is 5.82 Å². The highest BCUT2D eigenvalue weighted by Gasteiger charge is 2.19. The van der Waals surface area contributed by atoms with E-state index in [2.05, 4.69) is 5.32 Å². The number of benzene rings is 1. The molecular weight excluding hydrogens is 259 g/mol. The van der Waals surface area contributed by atoms with Gasteiger partial charge in [-0.15, -0.1) is 0 Å². The normalized spacial score (nSPS) is 11.2. The average molecular weight is 282 g/mol. The number of nitrogens with one attached hydrogen (secondary N) is 1. The number of nitrogens with two attached hydrogens (primary N) is 1. The first kappa shape index (κ1) is 16.4. The maximum absolute atomic E-state index is 13.7. The van der Waals surface area contributed by atoms with Crippen LogP contribution in [0, 0.1) is 5.82 Å². The van der Waals surface area contributed by atoms with Crippen molar-refractivity contribution in [1.29, 1.82) is 0 Å². The summed E-state index contributed by atoms with van der Waals surface area (Å²) in [7, 11) is 0. The van der Waals surface area contributed by atoms with Gasteiger partial charge in [0.1, 0.15) is 0 Å². The van der Waals surface area contributed by atoms with Crippen molar-refractivity contribution in [3.05, 3.63) is 29.6 Å². The average Bonchev–Trinajstić information content (AvgIpc) is 2.38. The van der Waals surface area contributed by atoms with Gasteiger partial charge in [-0.05, 0) is 44.9 Å². The molecule has 0 aliphatic heterocycles. The van der Waals surface area contributed by atoms with E-state index in [1.54, 1.807) is 12.1 Å². The van der Waals surface area contributed by atoms with Gasteiger partial charge in [0.2, 0.25) is 0 Å². The van der Waals surface area contributed by atoms with E-state index in [4.69, 9.17) is 10.5 Å². The number of hydrogen-bond acceptors (Lipinski definition) is 3. The molecule has 20 heavy (non-hydrogen) atoms. The monoisotopic (exact) mass is 282 g/mol. The Morgan fingerprint density at radius 3 is 2.75 bits per heavy atom. The minimum atomic E-state index is -0.474. The molecular formula is C15H23FN2O2. The molecule has 0 aliphatic carbocycles. The van der Waals surface area contributed by atoms with Crippen LogP contribution in [0.1, 0.15) is 32.8 Å². The SMILES string of the molecule is CCC(C)(C)NC(=O)COc1c(F)cccc1CCN. The molecule has 0 fully saturated rings. The van der Waals surface area contributed by atoms with Gasteiger partial charge in [0.15, 0.2) is 18.2 Å². The number of halogens is 1. The molecule has 4 nitrogen and oxygen atoms in total. The van der Waals surface area contributed by atoms with Gasteiger partial charge >= 0.3 is 0 Å². The summed E-state index contributed by atoms with van der Waals surface area (Å²) >= 11 is 0. The smallest absolute Gasteiger partial charge is 0.258 e. The van der Waals surface area contributed by atoms with Crippen molar-refractivity contribution in [3.63, 3.8) is 0 Å². The van der Waals surface area contributed by atoms with Crippen LogP contribution in [0.3, 0.4) is 0 Å². The lowest BCUT2D eigenvalue weighted by Crippen LogP contribution is -2.45. The predicted octanol–water partition coefficient (Wildman–Crippen LogP) is 2.01. The number of amides is 1. The van der Waals surface area contributed by atoms with Crippen LogP contribution in [-0.2, 0) is 11.2 Å². The molecule has 1 amide bonds. The van der Waals surface area contributed by atoms with Gasteiger partial charge in [-0.2, -0.15) is 0 Å². The van der Waals surface area contributed by atoms with Crippen LogP contribution < -0.4 is 15.8 Å². The molecule has 0 atom stereocenters. The zero-order valence-electron chi connectivity index (χ0n) is 12.3. The maximum Gasteiger partial charge on any atom is 0.258 e. The summed E-state index contributed by atoms with van der Waals surface area (Å²) in [6, 6.07) is 4.66. The van der Waals surface area contributed by atoms with Crippen LogP contribution in [0.25, 0.3) is 0 Å². The third kappa shape index (κ3) is 4.81. The number of para-hydroxylation sites is 1. The molecule has 112 valence electrons. The Bertz CT molecular complexity index is 461. The Hall–Kier alpha value is -1.62. The van der Waals surface area contributed by atoms with Gasteiger partial charge < -0.3 is 15.8 Å². The minimum absolute atomic E-state index is 0.113. The summed E-state index contributed by atoms with van der Waals surface area (Å²) in [6.45, 7) is 6.02. The first-order valence-corrected chi connectivity index (χ1v) is 6.81. The van der Waals surface area contributed by atoms with E-state index in [-0.39, 0.29) is 23.8 Å². The summed E-state index contributed by atoms with van der Waals surface area (Å²) in [6.07, 6.45) is 1.31. The Labute approximate surface area is 119 Å². The van der Waals surface area contributed by atoms with Crippen molar-refractivity contribution in [2.45, 2.75) is 39.2 Å². The van der Waals surface area contributed by atoms with Gasteiger partial charge in [0, 0.05) is 5.54 Å². The number of rotatable bonds is 7. The van der Waals surface area contributed by atoms with Gasteiger partial charge in [-0.25, -0.2) is 4.39 Å². The van der Waals surface area contributed by atoms with Crippen molar-refractivity contribution in [2.75, 3.05) is 13.2 Å². The zero-order chi connectivity index (χ0) is 15.2. The first-order chi connectivity index (χ1) is 9.39. The lowest BCUT2D eigenvalue weighted by Gasteiger charge is -2.24. The summed E-state index contributed by atoms with van der Waals surface area (Å²) < 4.78 is 19.1. The molecule has 0 spiro atoms. The molecule has 0 heterocycles. The molecule has 0 aromatic heterocycles. The van der Waals surface area contributed by atoms with Crippen molar-refractivity contribution in [3.8, 4) is 5.75 Å². The van der Waals surface area contributed by atoms with Gasteiger partial charge in [-0.3, -0.25) is 4.79 Å². The Kier molecular flexibility index (Phi) is 5.95. The predicted molar refractivity (Wildman–Crippen MR) is 77.2 cm³/mol. The second-order valence-corrected chi connectivity index (χ2v) is 5.34. The zero-order valence-corrected chi connectivity index (χ0v) is 12.3. The van der Waals surface area contributed by atoms with Gasteiger partial charge in [0.05, 0.1) is 0 Å². The van der Waals surface area contributed by atoms with Crippen LogP contribution in [0.4, 0.5) is 4.39 Å². The molecule has 0 radical (unpaired) electrons. The highest BCUT2D eigenvalue weighted by Crippen LogP contribution is 2.23. The van der Waals surface area contributed by atoms with E-state index in [1.165, 1.54) is 6.07 Å². The molecule has 1 aromatic carbocycles. The second kappa shape index (κ2) is 7.24. The highest BCUT2D eigenvalue weighted by molar-refractivity contribution is 5.78. The van der Waals surface area contributed by atoms with E-state index in [0.29, 0.717) is 18.5 Å². The molecule has 0 aliphatic rings. The minimum Gasteiger partial charge on any atom is -0.480 e.